The second-order valence-corrected chi connectivity index (χ2v) is 5.36. The molecule has 0 saturated carbocycles. The molecule has 0 saturated heterocycles. The van der Waals surface area contributed by atoms with Crippen LogP contribution in [0, 0.1) is 5.82 Å². The van der Waals surface area contributed by atoms with Crippen molar-refractivity contribution in [3.8, 4) is 0 Å². The SMILES string of the molecule is CN(C)CC(=O)c1ccc[n+](CC(=O)c2ccc(F)cc2)c1.[Br-]. The predicted octanol–water partition coefficient (Wildman–Crippen LogP) is -1.26. The van der Waals surface area contributed by atoms with Gasteiger partial charge in [0.1, 0.15) is 5.82 Å². The van der Waals surface area contributed by atoms with E-state index in [0.29, 0.717) is 17.7 Å². The summed E-state index contributed by atoms with van der Waals surface area (Å²) in [4.78, 5) is 26.0. The van der Waals surface area contributed by atoms with Crippen LogP contribution in [0.5, 0.6) is 0 Å². The lowest BCUT2D eigenvalue weighted by atomic mass is 10.1. The molecule has 1 heterocycles. The minimum absolute atomic E-state index is 0. The van der Waals surface area contributed by atoms with Crippen LogP contribution < -0.4 is 21.5 Å². The van der Waals surface area contributed by atoms with Gasteiger partial charge in [0.15, 0.2) is 18.2 Å². The van der Waals surface area contributed by atoms with Gasteiger partial charge < -0.3 is 21.9 Å². The van der Waals surface area contributed by atoms with E-state index < -0.39 is 0 Å². The average Bonchev–Trinajstić information content (AvgIpc) is 2.47. The zero-order chi connectivity index (χ0) is 16.1. The van der Waals surface area contributed by atoms with Gasteiger partial charge in [0.2, 0.25) is 12.3 Å². The molecule has 0 N–H and O–H groups in total. The Labute approximate surface area is 145 Å². The molecule has 23 heavy (non-hydrogen) atoms. The topological polar surface area (TPSA) is 41.3 Å². The highest BCUT2D eigenvalue weighted by Crippen LogP contribution is 2.04. The van der Waals surface area contributed by atoms with E-state index in [1.165, 1.54) is 24.3 Å². The summed E-state index contributed by atoms with van der Waals surface area (Å²) in [6.45, 7) is 0.421. The Morgan fingerprint density at radius 1 is 1.04 bits per heavy atom. The van der Waals surface area contributed by atoms with Crippen molar-refractivity contribution in [3.05, 3.63) is 65.7 Å². The van der Waals surface area contributed by atoms with Gasteiger partial charge in [-0.3, -0.25) is 9.59 Å². The van der Waals surface area contributed by atoms with Crippen LogP contribution in [0.4, 0.5) is 4.39 Å². The maximum absolute atomic E-state index is 12.9. The van der Waals surface area contributed by atoms with E-state index >= 15 is 0 Å². The van der Waals surface area contributed by atoms with Crippen LogP contribution in [0.3, 0.4) is 0 Å². The highest BCUT2D eigenvalue weighted by Gasteiger charge is 2.15. The van der Waals surface area contributed by atoms with E-state index in [1.807, 2.05) is 14.1 Å². The van der Waals surface area contributed by atoms with Crippen molar-refractivity contribution in [1.82, 2.24) is 4.90 Å². The van der Waals surface area contributed by atoms with Crippen LogP contribution in [0.25, 0.3) is 0 Å². The van der Waals surface area contributed by atoms with Crippen molar-refractivity contribution in [2.45, 2.75) is 6.54 Å². The summed E-state index contributed by atoms with van der Waals surface area (Å²) < 4.78 is 14.5. The van der Waals surface area contributed by atoms with Crippen LogP contribution in [0.1, 0.15) is 20.7 Å². The Morgan fingerprint density at radius 2 is 1.70 bits per heavy atom. The molecular formula is C17H18BrFN2O2. The highest BCUT2D eigenvalue weighted by atomic mass is 79.9. The van der Waals surface area contributed by atoms with Gasteiger partial charge in [0.05, 0.1) is 12.1 Å². The van der Waals surface area contributed by atoms with Gasteiger partial charge in [-0.05, 0) is 44.4 Å². The van der Waals surface area contributed by atoms with Crippen molar-refractivity contribution >= 4 is 11.6 Å². The number of likely N-dealkylation sites (N-methyl/N-ethyl adjacent to an activating group) is 1. The molecule has 0 spiro atoms. The molecule has 0 amide bonds. The summed E-state index contributed by atoms with van der Waals surface area (Å²) in [5.41, 5.74) is 1.00. The molecule has 0 aliphatic carbocycles. The van der Waals surface area contributed by atoms with Crippen LogP contribution in [-0.2, 0) is 6.54 Å². The van der Waals surface area contributed by atoms with Crippen molar-refractivity contribution in [2.24, 2.45) is 0 Å². The minimum atomic E-state index is -0.375. The molecule has 6 heteroatoms. The van der Waals surface area contributed by atoms with Crippen molar-refractivity contribution in [3.63, 3.8) is 0 Å². The fraction of sp³-hybridized carbons (Fsp3) is 0.235. The monoisotopic (exact) mass is 380 g/mol. The standard InChI is InChI=1S/C17H18FN2O2.BrH/c1-19(2)11-16(21)14-4-3-9-20(10-14)12-17(22)13-5-7-15(18)8-6-13;/h3-10H,11-12H2,1-2H3;1H/q+1;/p-1. The first kappa shape index (κ1) is 19.1. The number of Topliss-reactive ketones (excluding diaryl/α,β-unsaturated/α-hetero) is 2. The van der Waals surface area contributed by atoms with Crippen LogP contribution in [0.2, 0.25) is 0 Å². The lowest BCUT2D eigenvalue weighted by Crippen LogP contribution is -3.00. The second-order valence-electron chi connectivity index (χ2n) is 5.36. The summed E-state index contributed by atoms with van der Waals surface area (Å²) in [5.74, 6) is -0.517. The Morgan fingerprint density at radius 3 is 2.30 bits per heavy atom. The van der Waals surface area contributed by atoms with Crippen LogP contribution in [0.15, 0.2) is 48.8 Å². The van der Waals surface area contributed by atoms with Crippen molar-refractivity contribution < 1.29 is 35.5 Å². The van der Waals surface area contributed by atoms with E-state index in [2.05, 4.69) is 0 Å². The van der Waals surface area contributed by atoms with Gasteiger partial charge in [-0.15, -0.1) is 0 Å². The quantitative estimate of drug-likeness (QED) is 0.464. The van der Waals surface area contributed by atoms with Gasteiger partial charge in [-0.2, -0.15) is 4.57 Å². The smallest absolute Gasteiger partial charge is 0.227 e. The molecule has 0 atom stereocenters. The average molecular weight is 381 g/mol. The van der Waals surface area contributed by atoms with E-state index in [0.717, 1.165) is 0 Å². The van der Waals surface area contributed by atoms with Crippen LogP contribution >= 0.6 is 0 Å². The Hall–Kier alpha value is -1.92. The first-order valence-corrected chi connectivity index (χ1v) is 6.91. The van der Waals surface area contributed by atoms with E-state index in [4.69, 9.17) is 0 Å². The molecule has 0 radical (unpaired) electrons. The third-order valence-corrected chi connectivity index (χ3v) is 3.13. The fourth-order valence-electron chi connectivity index (χ4n) is 2.06. The minimum Gasteiger partial charge on any atom is -1.00 e. The number of aromatic nitrogens is 1. The maximum atomic E-state index is 12.9. The highest BCUT2D eigenvalue weighted by molar-refractivity contribution is 5.97. The van der Waals surface area contributed by atoms with Crippen LogP contribution in [-0.4, -0.2) is 37.1 Å². The number of halogens is 2. The zero-order valence-electron chi connectivity index (χ0n) is 13.0. The molecule has 0 aliphatic rings. The van der Waals surface area contributed by atoms with Gasteiger partial charge >= 0.3 is 0 Å². The number of ketones is 2. The van der Waals surface area contributed by atoms with E-state index in [1.54, 1.807) is 34.0 Å². The molecule has 0 unspecified atom stereocenters. The molecule has 2 rings (SSSR count). The Kier molecular flexibility index (Phi) is 7.19. The second kappa shape index (κ2) is 8.64. The van der Waals surface area contributed by atoms with E-state index in [-0.39, 0.29) is 40.9 Å². The normalized spacial score (nSPS) is 10.3. The molecule has 0 bridgehead atoms. The summed E-state index contributed by atoms with van der Waals surface area (Å²) in [6.07, 6.45) is 3.39. The molecule has 1 aromatic heterocycles. The van der Waals surface area contributed by atoms with Gasteiger partial charge in [0.25, 0.3) is 0 Å². The number of carbonyl (C=O) groups is 2. The Balaban J connectivity index is 0.00000264. The summed E-state index contributed by atoms with van der Waals surface area (Å²) in [6, 6.07) is 8.90. The number of pyridine rings is 1. The summed E-state index contributed by atoms with van der Waals surface area (Å²) in [7, 11) is 3.65. The number of rotatable bonds is 6. The van der Waals surface area contributed by atoms with Gasteiger partial charge in [-0.25, -0.2) is 4.39 Å². The maximum Gasteiger partial charge on any atom is 0.227 e. The molecule has 0 fully saturated rings. The van der Waals surface area contributed by atoms with Gasteiger partial charge in [0, 0.05) is 11.6 Å². The number of nitrogens with zero attached hydrogens (tertiary/aromatic N) is 2. The molecule has 4 nitrogen and oxygen atoms in total. The van der Waals surface area contributed by atoms with Crippen molar-refractivity contribution in [2.75, 3.05) is 20.6 Å². The third kappa shape index (κ3) is 5.65. The largest absolute Gasteiger partial charge is 1.00 e. The third-order valence-electron chi connectivity index (χ3n) is 3.13. The first-order valence-electron chi connectivity index (χ1n) is 6.91. The molecule has 0 aliphatic heterocycles. The number of benzene rings is 1. The summed E-state index contributed by atoms with van der Waals surface area (Å²) >= 11 is 0. The first-order chi connectivity index (χ1) is 10.5. The number of hydrogen-bond acceptors (Lipinski definition) is 3. The molecule has 1 aromatic carbocycles. The van der Waals surface area contributed by atoms with Crippen molar-refractivity contribution in [1.29, 1.82) is 0 Å². The Bertz CT molecular complexity index is 687. The zero-order valence-corrected chi connectivity index (χ0v) is 14.6. The molecular weight excluding hydrogens is 363 g/mol. The molecule has 2 aromatic rings. The lowest BCUT2D eigenvalue weighted by Gasteiger charge is -2.07. The van der Waals surface area contributed by atoms with Gasteiger partial charge in [-0.1, -0.05) is 0 Å². The fourth-order valence-corrected chi connectivity index (χ4v) is 2.06. The predicted molar refractivity (Wildman–Crippen MR) is 80.3 cm³/mol. The van der Waals surface area contributed by atoms with E-state index in [9.17, 15) is 14.0 Å². The molecule has 122 valence electrons. The number of carbonyl (C=O) groups excluding carboxylic acids is 2. The lowest BCUT2D eigenvalue weighted by molar-refractivity contribution is -0.683. The summed E-state index contributed by atoms with van der Waals surface area (Å²) in [5, 5.41) is 0. The number of hydrogen-bond donors (Lipinski definition) is 0.